The minimum atomic E-state index is 0.00216. The van der Waals surface area contributed by atoms with Crippen molar-refractivity contribution in [3.05, 3.63) is 65.5 Å². The first-order valence-electron chi connectivity index (χ1n) is 7.08. The Morgan fingerprint density at radius 2 is 1.95 bits per heavy atom. The first kappa shape index (κ1) is 14.6. The zero-order valence-corrected chi connectivity index (χ0v) is 12.4. The SMILES string of the molecule is COc1ccc(COCc2cc3c(CO)cccn3n2)cc1. The van der Waals surface area contributed by atoms with E-state index in [4.69, 9.17) is 9.47 Å². The first-order chi connectivity index (χ1) is 10.8. The molecule has 1 N–H and O–H groups in total. The maximum absolute atomic E-state index is 9.33. The molecule has 3 aromatic rings. The van der Waals surface area contributed by atoms with Crippen LogP contribution >= 0.6 is 0 Å². The quantitative estimate of drug-likeness (QED) is 0.760. The number of aromatic nitrogens is 2. The lowest BCUT2D eigenvalue weighted by Crippen LogP contribution is -1.96. The van der Waals surface area contributed by atoms with Crippen molar-refractivity contribution in [3.63, 3.8) is 0 Å². The number of ether oxygens (including phenoxy) is 2. The Bertz CT molecular complexity index is 750. The van der Waals surface area contributed by atoms with Gasteiger partial charge < -0.3 is 14.6 Å². The number of hydrogen-bond acceptors (Lipinski definition) is 4. The van der Waals surface area contributed by atoms with E-state index < -0.39 is 0 Å². The van der Waals surface area contributed by atoms with E-state index in [0.717, 1.165) is 28.1 Å². The molecule has 0 radical (unpaired) electrons. The van der Waals surface area contributed by atoms with Gasteiger partial charge in [0.15, 0.2) is 0 Å². The van der Waals surface area contributed by atoms with Gasteiger partial charge >= 0.3 is 0 Å². The smallest absolute Gasteiger partial charge is 0.118 e. The lowest BCUT2D eigenvalue weighted by molar-refractivity contribution is 0.104. The summed E-state index contributed by atoms with van der Waals surface area (Å²) in [6, 6.07) is 13.5. The van der Waals surface area contributed by atoms with E-state index in [1.807, 2.05) is 48.7 Å². The highest BCUT2D eigenvalue weighted by molar-refractivity contribution is 5.54. The molecule has 5 nitrogen and oxygen atoms in total. The number of rotatable bonds is 6. The van der Waals surface area contributed by atoms with Crippen LogP contribution in [0.1, 0.15) is 16.8 Å². The third kappa shape index (κ3) is 3.10. The van der Waals surface area contributed by atoms with Crippen LogP contribution in [0.4, 0.5) is 0 Å². The topological polar surface area (TPSA) is 56.0 Å². The van der Waals surface area contributed by atoms with Crippen LogP contribution in [0.25, 0.3) is 5.52 Å². The van der Waals surface area contributed by atoms with Gasteiger partial charge in [-0.25, -0.2) is 4.52 Å². The Labute approximate surface area is 128 Å². The summed E-state index contributed by atoms with van der Waals surface area (Å²) >= 11 is 0. The molecule has 0 bridgehead atoms. The highest BCUT2D eigenvalue weighted by Crippen LogP contribution is 2.15. The van der Waals surface area contributed by atoms with Crippen LogP contribution in [0.3, 0.4) is 0 Å². The molecule has 2 heterocycles. The first-order valence-corrected chi connectivity index (χ1v) is 7.08. The van der Waals surface area contributed by atoms with Crippen LogP contribution in [-0.4, -0.2) is 21.8 Å². The summed E-state index contributed by atoms with van der Waals surface area (Å²) in [6.07, 6.45) is 1.86. The molecule has 5 heteroatoms. The van der Waals surface area contributed by atoms with Crippen molar-refractivity contribution in [3.8, 4) is 5.75 Å². The van der Waals surface area contributed by atoms with Crippen molar-refractivity contribution >= 4 is 5.52 Å². The minimum absolute atomic E-state index is 0.00216. The van der Waals surface area contributed by atoms with Crippen LogP contribution in [0, 0.1) is 0 Å². The maximum Gasteiger partial charge on any atom is 0.118 e. The molecule has 114 valence electrons. The van der Waals surface area contributed by atoms with E-state index >= 15 is 0 Å². The van der Waals surface area contributed by atoms with E-state index in [1.54, 1.807) is 11.6 Å². The Balaban J connectivity index is 1.63. The van der Waals surface area contributed by atoms with Gasteiger partial charge in [0.2, 0.25) is 0 Å². The zero-order chi connectivity index (χ0) is 15.4. The third-order valence-electron chi connectivity index (χ3n) is 3.49. The molecular formula is C17H18N2O3. The van der Waals surface area contributed by atoms with Gasteiger partial charge in [-0.05, 0) is 29.8 Å². The third-order valence-corrected chi connectivity index (χ3v) is 3.49. The fourth-order valence-electron chi connectivity index (χ4n) is 2.32. The summed E-state index contributed by atoms with van der Waals surface area (Å²) in [5.74, 6) is 0.834. The highest BCUT2D eigenvalue weighted by Gasteiger charge is 2.05. The van der Waals surface area contributed by atoms with E-state index in [2.05, 4.69) is 5.10 Å². The number of aliphatic hydroxyl groups is 1. The Morgan fingerprint density at radius 3 is 2.68 bits per heavy atom. The Kier molecular flexibility index (Phi) is 4.37. The fourth-order valence-corrected chi connectivity index (χ4v) is 2.32. The molecule has 0 amide bonds. The normalized spacial score (nSPS) is 11.0. The van der Waals surface area contributed by atoms with Crippen molar-refractivity contribution in [1.82, 2.24) is 9.61 Å². The van der Waals surface area contributed by atoms with Gasteiger partial charge in [0.25, 0.3) is 0 Å². The Hall–Kier alpha value is -2.37. The summed E-state index contributed by atoms with van der Waals surface area (Å²) in [5, 5.41) is 13.8. The summed E-state index contributed by atoms with van der Waals surface area (Å²) < 4.78 is 12.6. The van der Waals surface area contributed by atoms with E-state index in [9.17, 15) is 5.11 Å². The second kappa shape index (κ2) is 6.60. The van der Waals surface area contributed by atoms with Crippen LogP contribution < -0.4 is 4.74 Å². The number of pyridine rings is 1. The van der Waals surface area contributed by atoms with E-state index in [0.29, 0.717) is 13.2 Å². The average molecular weight is 298 g/mol. The maximum atomic E-state index is 9.33. The molecule has 0 aliphatic carbocycles. The highest BCUT2D eigenvalue weighted by atomic mass is 16.5. The van der Waals surface area contributed by atoms with Gasteiger partial charge in [0.05, 0.1) is 38.1 Å². The van der Waals surface area contributed by atoms with Crippen LogP contribution in [0.2, 0.25) is 0 Å². The summed E-state index contributed by atoms with van der Waals surface area (Å²) in [4.78, 5) is 0. The standard InChI is InChI=1S/C17H18N2O3/c1-21-16-6-4-13(5-7-16)11-22-12-15-9-17-14(10-20)3-2-8-19(17)18-15/h2-9,20H,10-12H2,1H3. The number of nitrogens with zero attached hydrogens (tertiary/aromatic N) is 2. The number of benzene rings is 1. The number of hydrogen-bond donors (Lipinski definition) is 1. The van der Waals surface area contributed by atoms with Crippen molar-refractivity contribution in [2.45, 2.75) is 19.8 Å². The predicted molar refractivity (Wildman–Crippen MR) is 82.6 cm³/mol. The monoisotopic (exact) mass is 298 g/mol. The molecule has 2 aromatic heterocycles. The van der Waals surface area contributed by atoms with Crippen molar-refractivity contribution in [2.75, 3.05) is 7.11 Å². The fraction of sp³-hybridized carbons (Fsp3) is 0.235. The van der Waals surface area contributed by atoms with Crippen LogP contribution in [0.5, 0.6) is 5.75 Å². The van der Waals surface area contributed by atoms with Gasteiger partial charge in [0.1, 0.15) is 5.75 Å². The molecule has 0 saturated heterocycles. The summed E-state index contributed by atoms with van der Waals surface area (Å²) in [7, 11) is 1.65. The van der Waals surface area contributed by atoms with Gasteiger partial charge in [-0.2, -0.15) is 5.10 Å². The van der Waals surface area contributed by atoms with E-state index in [1.165, 1.54) is 0 Å². The van der Waals surface area contributed by atoms with Crippen molar-refractivity contribution in [2.24, 2.45) is 0 Å². The summed E-state index contributed by atoms with van der Waals surface area (Å²) in [5.41, 5.74) is 3.69. The molecule has 3 rings (SSSR count). The Morgan fingerprint density at radius 1 is 1.14 bits per heavy atom. The summed E-state index contributed by atoms with van der Waals surface area (Å²) in [6.45, 7) is 0.950. The molecule has 0 unspecified atom stereocenters. The minimum Gasteiger partial charge on any atom is -0.497 e. The molecular weight excluding hydrogens is 280 g/mol. The number of aliphatic hydroxyl groups excluding tert-OH is 1. The molecule has 1 aromatic carbocycles. The molecule has 0 saturated carbocycles. The molecule has 0 spiro atoms. The second-order valence-corrected chi connectivity index (χ2v) is 5.00. The van der Waals surface area contributed by atoms with Gasteiger partial charge in [0, 0.05) is 11.8 Å². The lowest BCUT2D eigenvalue weighted by Gasteiger charge is -2.04. The largest absolute Gasteiger partial charge is 0.497 e. The molecule has 0 aliphatic heterocycles. The van der Waals surface area contributed by atoms with Gasteiger partial charge in [-0.3, -0.25) is 0 Å². The van der Waals surface area contributed by atoms with E-state index in [-0.39, 0.29) is 6.61 Å². The zero-order valence-electron chi connectivity index (χ0n) is 12.4. The van der Waals surface area contributed by atoms with Crippen molar-refractivity contribution < 1.29 is 14.6 Å². The van der Waals surface area contributed by atoms with Gasteiger partial charge in [-0.1, -0.05) is 18.2 Å². The van der Waals surface area contributed by atoms with Crippen molar-refractivity contribution in [1.29, 1.82) is 0 Å². The van der Waals surface area contributed by atoms with Gasteiger partial charge in [-0.15, -0.1) is 0 Å². The molecule has 0 fully saturated rings. The van der Waals surface area contributed by atoms with Crippen LogP contribution in [0.15, 0.2) is 48.7 Å². The molecule has 0 atom stereocenters. The van der Waals surface area contributed by atoms with Crippen LogP contribution in [-0.2, 0) is 24.6 Å². The predicted octanol–water partition coefficient (Wildman–Crippen LogP) is 2.55. The number of methoxy groups -OCH3 is 1. The lowest BCUT2D eigenvalue weighted by atomic mass is 10.2. The molecule has 0 aliphatic rings. The molecule has 22 heavy (non-hydrogen) atoms. The number of fused-ring (bicyclic) bond motifs is 1. The second-order valence-electron chi connectivity index (χ2n) is 5.00. The average Bonchev–Trinajstić information content (AvgIpc) is 2.98.